The Bertz CT molecular complexity index is 1190. The number of amides is 1. The highest BCUT2D eigenvalue weighted by Gasteiger charge is 2.53. The normalized spacial score (nSPS) is 25.4. The van der Waals surface area contributed by atoms with Gasteiger partial charge in [0.1, 0.15) is 6.04 Å². The maximum atomic E-state index is 13.5. The SMILES string of the molecule is CC(C)[C@H](NCC1(O)C2CC[C@H]1CC(Sc1cc(C(=O)Nc3cc(F)c(F)c(F)c3)ccc1Cl)C2)C(=O)O. The second kappa shape index (κ2) is 11.5. The van der Waals surface area contributed by atoms with Gasteiger partial charge in [0, 0.05) is 40.1 Å². The van der Waals surface area contributed by atoms with E-state index in [2.05, 4.69) is 10.6 Å². The number of fused-ring (bicyclic) bond motifs is 2. The van der Waals surface area contributed by atoms with E-state index in [9.17, 15) is 33.0 Å². The predicted molar refractivity (Wildman–Crippen MR) is 140 cm³/mol. The standard InChI is InChI=1S/C27H30ClF3N2O4S/c1-13(2)24(26(35)36)32-12-27(37)15-4-5-16(27)9-18(8-15)38-22-7-14(3-6-19(22)28)25(34)33-17-10-20(29)23(31)21(30)11-17/h3,6-7,10-11,13,15-16,18,24,32,37H,4-5,8-9,12H2,1-2H3,(H,33,34)(H,35,36)/t15-,16?,18?,24-,27?/m0/s1. The maximum Gasteiger partial charge on any atom is 0.320 e. The van der Waals surface area contributed by atoms with Gasteiger partial charge in [-0.25, -0.2) is 13.2 Å². The molecule has 4 rings (SSSR count). The zero-order chi connectivity index (χ0) is 27.8. The molecule has 0 saturated heterocycles. The summed E-state index contributed by atoms with van der Waals surface area (Å²) in [6.45, 7) is 3.87. The number of halogens is 4. The number of rotatable bonds is 9. The second-order valence-corrected chi connectivity index (χ2v) is 12.2. The first-order valence-electron chi connectivity index (χ1n) is 12.5. The number of nitrogens with one attached hydrogen (secondary N) is 2. The van der Waals surface area contributed by atoms with Crippen LogP contribution in [0.5, 0.6) is 0 Å². The van der Waals surface area contributed by atoms with Crippen molar-refractivity contribution >= 4 is 40.9 Å². The van der Waals surface area contributed by atoms with Crippen LogP contribution in [0, 0.1) is 35.2 Å². The molecule has 4 N–H and O–H groups in total. The maximum absolute atomic E-state index is 13.5. The Balaban J connectivity index is 1.43. The lowest BCUT2D eigenvalue weighted by Crippen LogP contribution is -2.56. The molecule has 2 bridgehead atoms. The Morgan fingerprint density at radius 3 is 2.26 bits per heavy atom. The average molecular weight is 571 g/mol. The molecule has 2 saturated carbocycles. The summed E-state index contributed by atoms with van der Waals surface area (Å²) in [7, 11) is 0. The molecular weight excluding hydrogens is 541 g/mol. The highest BCUT2D eigenvalue weighted by Crippen LogP contribution is 2.53. The van der Waals surface area contributed by atoms with Crippen LogP contribution in [0.1, 0.15) is 49.9 Å². The molecule has 11 heteroatoms. The van der Waals surface area contributed by atoms with E-state index < -0.39 is 41.0 Å². The summed E-state index contributed by atoms with van der Waals surface area (Å²) in [6, 6.07) is 5.33. The van der Waals surface area contributed by atoms with Crippen LogP contribution in [0.25, 0.3) is 0 Å². The largest absolute Gasteiger partial charge is 0.480 e. The predicted octanol–water partition coefficient (Wildman–Crippen LogP) is 5.72. The number of aliphatic hydroxyl groups is 1. The molecule has 2 aliphatic carbocycles. The molecule has 3 unspecified atom stereocenters. The van der Waals surface area contributed by atoms with Crippen molar-refractivity contribution in [1.29, 1.82) is 0 Å². The molecule has 2 aromatic rings. The number of hydrogen-bond acceptors (Lipinski definition) is 5. The van der Waals surface area contributed by atoms with Gasteiger partial charge >= 0.3 is 5.97 Å². The Labute approximate surface area is 228 Å². The van der Waals surface area contributed by atoms with Gasteiger partial charge in [-0.1, -0.05) is 25.4 Å². The Kier molecular flexibility index (Phi) is 8.66. The van der Waals surface area contributed by atoms with Gasteiger partial charge in [0.2, 0.25) is 0 Å². The number of thioether (sulfide) groups is 1. The molecule has 0 aromatic heterocycles. The molecule has 0 heterocycles. The molecular formula is C27H30ClF3N2O4S. The quantitative estimate of drug-likeness (QED) is 0.288. The number of carboxylic acid groups (broad SMARTS) is 1. The summed E-state index contributed by atoms with van der Waals surface area (Å²) < 4.78 is 40.3. The number of carbonyl (C=O) groups is 2. The molecule has 206 valence electrons. The lowest BCUT2D eigenvalue weighted by atomic mass is 9.74. The summed E-state index contributed by atoms with van der Waals surface area (Å²) >= 11 is 7.93. The topological polar surface area (TPSA) is 98.7 Å². The third-order valence-corrected chi connectivity index (χ3v) is 9.39. The van der Waals surface area contributed by atoms with Crippen molar-refractivity contribution in [2.75, 3.05) is 11.9 Å². The van der Waals surface area contributed by atoms with Crippen molar-refractivity contribution in [3.05, 3.63) is 58.4 Å². The third-order valence-electron chi connectivity index (χ3n) is 7.64. The lowest BCUT2D eigenvalue weighted by Gasteiger charge is -2.43. The van der Waals surface area contributed by atoms with Crippen LogP contribution in [0.4, 0.5) is 18.9 Å². The fourth-order valence-corrected chi connectivity index (χ4v) is 7.27. The summed E-state index contributed by atoms with van der Waals surface area (Å²) in [4.78, 5) is 24.9. The Morgan fingerprint density at radius 1 is 1.11 bits per heavy atom. The molecule has 2 fully saturated rings. The van der Waals surface area contributed by atoms with Crippen LogP contribution >= 0.6 is 23.4 Å². The summed E-state index contributed by atoms with van der Waals surface area (Å²) in [6.07, 6.45) is 3.11. The van der Waals surface area contributed by atoms with Crippen molar-refractivity contribution in [2.45, 2.75) is 61.3 Å². The van der Waals surface area contributed by atoms with Gasteiger partial charge in [-0.2, -0.15) is 0 Å². The molecule has 2 aromatic carbocycles. The van der Waals surface area contributed by atoms with Crippen LogP contribution < -0.4 is 10.6 Å². The zero-order valence-corrected chi connectivity index (χ0v) is 22.5. The minimum atomic E-state index is -1.61. The van der Waals surface area contributed by atoms with Crippen LogP contribution in [0.3, 0.4) is 0 Å². The summed E-state index contributed by atoms with van der Waals surface area (Å²) in [5, 5.41) is 27.0. The first-order chi connectivity index (χ1) is 17.9. The Hall–Kier alpha value is -2.27. The van der Waals surface area contributed by atoms with Crippen LogP contribution in [0.15, 0.2) is 35.2 Å². The smallest absolute Gasteiger partial charge is 0.320 e. The summed E-state index contributed by atoms with van der Waals surface area (Å²) in [5.41, 5.74) is -0.977. The van der Waals surface area contributed by atoms with Crippen molar-refractivity contribution in [3.8, 4) is 0 Å². The zero-order valence-electron chi connectivity index (χ0n) is 20.9. The van der Waals surface area contributed by atoms with E-state index in [1.807, 2.05) is 13.8 Å². The van der Waals surface area contributed by atoms with Gasteiger partial charge in [-0.15, -0.1) is 11.8 Å². The van der Waals surface area contributed by atoms with Crippen LogP contribution in [0.2, 0.25) is 5.02 Å². The lowest BCUT2D eigenvalue weighted by molar-refractivity contribution is -0.141. The summed E-state index contributed by atoms with van der Waals surface area (Å²) in [5.74, 6) is -6.10. The van der Waals surface area contributed by atoms with Crippen molar-refractivity contribution in [2.24, 2.45) is 17.8 Å². The minimum Gasteiger partial charge on any atom is -0.480 e. The van der Waals surface area contributed by atoms with Crippen molar-refractivity contribution < 1.29 is 33.0 Å². The molecule has 0 radical (unpaired) electrons. The monoisotopic (exact) mass is 570 g/mol. The van der Waals surface area contributed by atoms with E-state index in [0.29, 0.717) is 34.9 Å². The number of hydrogen-bond donors (Lipinski definition) is 4. The number of anilines is 1. The number of aliphatic carboxylic acids is 1. The number of benzene rings is 2. The van der Waals surface area contributed by atoms with E-state index in [-0.39, 0.29) is 40.8 Å². The molecule has 38 heavy (non-hydrogen) atoms. The Morgan fingerprint density at radius 2 is 1.71 bits per heavy atom. The van der Waals surface area contributed by atoms with E-state index in [1.165, 1.54) is 17.8 Å². The van der Waals surface area contributed by atoms with E-state index in [1.54, 1.807) is 12.1 Å². The van der Waals surface area contributed by atoms with E-state index in [0.717, 1.165) is 12.8 Å². The van der Waals surface area contributed by atoms with E-state index >= 15 is 0 Å². The number of carbonyl (C=O) groups excluding carboxylic acids is 1. The first kappa shape index (κ1) is 28.7. The minimum absolute atomic E-state index is 0.00128. The molecule has 2 aliphatic rings. The fraction of sp³-hybridized carbons (Fsp3) is 0.481. The molecule has 5 atom stereocenters. The second-order valence-electron chi connectivity index (χ2n) is 10.5. The third kappa shape index (κ3) is 5.98. The molecule has 0 spiro atoms. The molecule has 6 nitrogen and oxygen atoms in total. The first-order valence-corrected chi connectivity index (χ1v) is 13.8. The van der Waals surface area contributed by atoms with Gasteiger partial charge in [-0.3, -0.25) is 9.59 Å². The van der Waals surface area contributed by atoms with Crippen LogP contribution in [-0.4, -0.2) is 45.5 Å². The average Bonchev–Trinajstić information content (AvgIpc) is 3.00. The number of carboxylic acids is 1. The van der Waals surface area contributed by atoms with Crippen molar-refractivity contribution in [3.63, 3.8) is 0 Å². The van der Waals surface area contributed by atoms with Gasteiger partial charge in [-0.05, 0) is 61.6 Å². The van der Waals surface area contributed by atoms with Crippen LogP contribution in [-0.2, 0) is 4.79 Å². The van der Waals surface area contributed by atoms with Gasteiger partial charge in [0.15, 0.2) is 17.5 Å². The highest BCUT2D eigenvalue weighted by molar-refractivity contribution is 8.00. The van der Waals surface area contributed by atoms with E-state index in [4.69, 9.17) is 11.6 Å². The van der Waals surface area contributed by atoms with Gasteiger partial charge in [0.05, 0.1) is 10.6 Å². The van der Waals surface area contributed by atoms with Crippen molar-refractivity contribution in [1.82, 2.24) is 5.32 Å². The fourth-order valence-electron chi connectivity index (χ4n) is 5.62. The highest BCUT2D eigenvalue weighted by atomic mass is 35.5. The van der Waals surface area contributed by atoms with Gasteiger partial charge in [0.25, 0.3) is 5.91 Å². The molecule has 0 aliphatic heterocycles. The van der Waals surface area contributed by atoms with Gasteiger partial charge < -0.3 is 20.8 Å². The molecule has 1 amide bonds.